The quantitative estimate of drug-likeness (QED) is 0.847. The summed E-state index contributed by atoms with van der Waals surface area (Å²) in [5, 5.41) is 12.0. The summed E-state index contributed by atoms with van der Waals surface area (Å²) in [7, 11) is 0. The molecule has 2 N–H and O–H groups in total. The molecule has 130 valence electrons. The first-order chi connectivity index (χ1) is 12.0. The van der Waals surface area contributed by atoms with Crippen LogP contribution in [0, 0.1) is 5.82 Å². The number of rotatable bonds is 6. The van der Waals surface area contributed by atoms with Crippen molar-refractivity contribution in [2.45, 2.75) is 37.6 Å². The van der Waals surface area contributed by atoms with Crippen molar-refractivity contribution < 1.29 is 19.1 Å². The minimum Gasteiger partial charge on any atom is -0.481 e. The molecule has 4 nitrogen and oxygen atoms in total. The second-order valence-electron chi connectivity index (χ2n) is 6.67. The Hall–Kier alpha value is -2.69. The van der Waals surface area contributed by atoms with Crippen molar-refractivity contribution in [1.82, 2.24) is 5.32 Å². The molecule has 0 aliphatic heterocycles. The molecular formula is C20H20FNO3. The van der Waals surface area contributed by atoms with Crippen LogP contribution < -0.4 is 5.32 Å². The van der Waals surface area contributed by atoms with Crippen LogP contribution in [-0.2, 0) is 17.6 Å². The number of carbonyl (C=O) groups excluding carboxylic acids is 1. The largest absolute Gasteiger partial charge is 0.481 e. The van der Waals surface area contributed by atoms with Crippen molar-refractivity contribution in [2.75, 3.05) is 0 Å². The molecule has 0 heterocycles. The normalized spacial score (nSPS) is 15.2. The molecule has 5 heteroatoms. The minimum atomic E-state index is -0.931. The van der Waals surface area contributed by atoms with E-state index in [0.717, 1.165) is 24.8 Å². The summed E-state index contributed by atoms with van der Waals surface area (Å²) in [6, 6.07) is 13.1. The number of carboxylic acids is 1. The topological polar surface area (TPSA) is 66.4 Å². The number of carboxylic acid groups (broad SMARTS) is 1. The van der Waals surface area contributed by atoms with Crippen LogP contribution in [0.5, 0.6) is 0 Å². The number of aliphatic carboxylic acids is 1. The second kappa shape index (κ2) is 7.05. The fraction of sp³-hybridized carbons (Fsp3) is 0.300. The Labute approximate surface area is 145 Å². The van der Waals surface area contributed by atoms with Crippen LogP contribution in [0.25, 0.3) is 0 Å². The van der Waals surface area contributed by atoms with Gasteiger partial charge in [-0.25, -0.2) is 4.39 Å². The highest BCUT2D eigenvalue weighted by Gasteiger charge is 2.38. The Kier molecular flexibility index (Phi) is 4.83. The number of halogens is 1. The standard InChI is InChI=1S/C20H20FNO3/c21-17-7-2-5-15(11-17)13-20(8-3-9-20)22-19(25)16-6-1-4-14(10-16)12-18(23)24/h1-2,4-7,10-11H,3,8-9,12-13H2,(H,22,25)(H,23,24). The maximum absolute atomic E-state index is 13.4. The Bertz CT molecular complexity index is 799. The van der Waals surface area contributed by atoms with Crippen molar-refractivity contribution in [1.29, 1.82) is 0 Å². The summed E-state index contributed by atoms with van der Waals surface area (Å²) < 4.78 is 13.4. The fourth-order valence-electron chi connectivity index (χ4n) is 3.30. The Morgan fingerprint density at radius 3 is 2.44 bits per heavy atom. The molecule has 0 unspecified atom stereocenters. The Morgan fingerprint density at radius 1 is 1.08 bits per heavy atom. The van der Waals surface area contributed by atoms with Gasteiger partial charge in [0.2, 0.25) is 0 Å². The highest BCUT2D eigenvalue weighted by Crippen LogP contribution is 2.35. The highest BCUT2D eigenvalue weighted by atomic mass is 19.1. The Balaban J connectivity index is 1.73. The fourth-order valence-corrected chi connectivity index (χ4v) is 3.30. The zero-order chi connectivity index (χ0) is 17.9. The third kappa shape index (κ3) is 4.24. The van der Waals surface area contributed by atoms with Gasteiger partial charge < -0.3 is 10.4 Å². The van der Waals surface area contributed by atoms with Crippen LogP contribution in [0.2, 0.25) is 0 Å². The second-order valence-corrected chi connectivity index (χ2v) is 6.67. The number of hydrogen-bond acceptors (Lipinski definition) is 2. The average molecular weight is 341 g/mol. The smallest absolute Gasteiger partial charge is 0.307 e. The summed E-state index contributed by atoms with van der Waals surface area (Å²) in [6.07, 6.45) is 3.20. The van der Waals surface area contributed by atoms with Crippen molar-refractivity contribution in [2.24, 2.45) is 0 Å². The van der Waals surface area contributed by atoms with E-state index >= 15 is 0 Å². The lowest BCUT2D eigenvalue weighted by molar-refractivity contribution is -0.136. The van der Waals surface area contributed by atoms with Gasteiger partial charge in [0.15, 0.2) is 0 Å². The summed E-state index contributed by atoms with van der Waals surface area (Å²) in [5.41, 5.74) is 1.55. The number of amides is 1. The molecule has 1 fully saturated rings. The lowest BCUT2D eigenvalue weighted by atomic mass is 9.72. The Morgan fingerprint density at radius 2 is 1.80 bits per heavy atom. The minimum absolute atomic E-state index is 0.116. The maximum atomic E-state index is 13.4. The summed E-state index contributed by atoms with van der Waals surface area (Å²) >= 11 is 0. The van der Waals surface area contributed by atoms with Gasteiger partial charge in [0.25, 0.3) is 5.91 Å². The molecule has 0 spiro atoms. The van der Waals surface area contributed by atoms with Crippen LogP contribution >= 0.6 is 0 Å². The van der Waals surface area contributed by atoms with Gasteiger partial charge in [0.05, 0.1) is 6.42 Å². The van der Waals surface area contributed by atoms with Gasteiger partial charge in [0.1, 0.15) is 5.82 Å². The van der Waals surface area contributed by atoms with Gasteiger partial charge in [0, 0.05) is 11.1 Å². The van der Waals surface area contributed by atoms with E-state index < -0.39 is 5.97 Å². The summed E-state index contributed by atoms with van der Waals surface area (Å²) in [4.78, 5) is 23.4. The average Bonchev–Trinajstić information content (AvgIpc) is 2.52. The number of benzene rings is 2. The predicted molar refractivity (Wildman–Crippen MR) is 91.9 cm³/mol. The molecule has 1 aliphatic carbocycles. The molecule has 25 heavy (non-hydrogen) atoms. The van der Waals surface area contributed by atoms with E-state index in [1.165, 1.54) is 12.1 Å². The molecule has 0 bridgehead atoms. The molecule has 0 radical (unpaired) electrons. The van der Waals surface area contributed by atoms with Gasteiger partial charge in [-0.2, -0.15) is 0 Å². The van der Waals surface area contributed by atoms with E-state index in [2.05, 4.69) is 5.32 Å². The monoisotopic (exact) mass is 341 g/mol. The van der Waals surface area contributed by atoms with Crippen LogP contribution in [0.1, 0.15) is 40.7 Å². The van der Waals surface area contributed by atoms with Crippen LogP contribution in [0.15, 0.2) is 48.5 Å². The molecule has 1 saturated carbocycles. The van der Waals surface area contributed by atoms with E-state index in [-0.39, 0.29) is 23.7 Å². The molecule has 3 rings (SSSR count). The molecule has 2 aromatic carbocycles. The van der Waals surface area contributed by atoms with E-state index in [0.29, 0.717) is 17.5 Å². The first-order valence-corrected chi connectivity index (χ1v) is 8.33. The van der Waals surface area contributed by atoms with E-state index in [4.69, 9.17) is 5.11 Å². The number of carbonyl (C=O) groups is 2. The van der Waals surface area contributed by atoms with Gasteiger partial charge in [-0.1, -0.05) is 24.3 Å². The van der Waals surface area contributed by atoms with E-state index in [1.807, 2.05) is 6.07 Å². The lowest BCUT2D eigenvalue weighted by Gasteiger charge is -2.43. The molecule has 0 saturated heterocycles. The SMILES string of the molecule is O=C(O)Cc1cccc(C(=O)NC2(Cc3cccc(F)c3)CCC2)c1. The molecule has 1 aliphatic rings. The number of nitrogens with one attached hydrogen (secondary N) is 1. The zero-order valence-corrected chi connectivity index (χ0v) is 13.8. The molecule has 1 amide bonds. The van der Waals surface area contributed by atoms with Crippen LogP contribution in [-0.4, -0.2) is 22.5 Å². The maximum Gasteiger partial charge on any atom is 0.307 e. The molecule has 0 aromatic heterocycles. The molecule has 2 aromatic rings. The van der Waals surface area contributed by atoms with Crippen LogP contribution in [0.3, 0.4) is 0 Å². The van der Waals surface area contributed by atoms with Crippen molar-refractivity contribution >= 4 is 11.9 Å². The first-order valence-electron chi connectivity index (χ1n) is 8.33. The zero-order valence-electron chi connectivity index (χ0n) is 13.8. The van der Waals surface area contributed by atoms with Crippen molar-refractivity contribution in [3.8, 4) is 0 Å². The van der Waals surface area contributed by atoms with Crippen molar-refractivity contribution in [3.63, 3.8) is 0 Å². The highest BCUT2D eigenvalue weighted by molar-refractivity contribution is 5.95. The summed E-state index contributed by atoms with van der Waals surface area (Å²) in [6.45, 7) is 0. The van der Waals surface area contributed by atoms with Gasteiger partial charge in [-0.05, 0) is 61.1 Å². The van der Waals surface area contributed by atoms with E-state index in [9.17, 15) is 14.0 Å². The number of hydrogen-bond donors (Lipinski definition) is 2. The van der Waals surface area contributed by atoms with E-state index in [1.54, 1.807) is 30.3 Å². The first kappa shape index (κ1) is 17.1. The van der Waals surface area contributed by atoms with Gasteiger partial charge in [-0.15, -0.1) is 0 Å². The molecular weight excluding hydrogens is 321 g/mol. The van der Waals surface area contributed by atoms with Gasteiger partial charge in [-0.3, -0.25) is 9.59 Å². The van der Waals surface area contributed by atoms with Crippen molar-refractivity contribution in [3.05, 3.63) is 71.0 Å². The predicted octanol–water partition coefficient (Wildman–Crippen LogP) is 3.35. The third-order valence-corrected chi connectivity index (χ3v) is 4.67. The lowest BCUT2D eigenvalue weighted by Crippen LogP contribution is -2.55. The molecule has 0 atom stereocenters. The summed E-state index contributed by atoms with van der Waals surface area (Å²) in [5.74, 6) is -1.43. The third-order valence-electron chi connectivity index (χ3n) is 4.67. The van der Waals surface area contributed by atoms with Crippen LogP contribution in [0.4, 0.5) is 4.39 Å². The van der Waals surface area contributed by atoms with Gasteiger partial charge >= 0.3 is 5.97 Å².